The molecule has 1 N–H and O–H groups in total. The lowest BCUT2D eigenvalue weighted by atomic mass is 10.2. The molecule has 0 spiro atoms. The summed E-state index contributed by atoms with van der Waals surface area (Å²) in [4.78, 5) is 24.6. The molecule has 3 rings (SSSR count). The molecule has 0 radical (unpaired) electrons. The third kappa shape index (κ3) is 3.90. The Balaban J connectivity index is 1.69. The Labute approximate surface area is 161 Å². The normalized spacial score (nSPS) is 10.7. The van der Waals surface area contributed by atoms with Gasteiger partial charge in [-0.3, -0.25) is 4.79 Å². The number of halogens is 1. The van der Waals surface area contributed by atoms with E-state index < -0.39 is 18.5 Å². The van der Waals surface area contributed by atoms with Crippen LogP contribution in [0.15, 0.2) is 42.6 Å². The lowest BCUT2D eigenvalue weighted by Crippen LogP contribution is -2.21. The van der Waals surface area contributed by atoms with Gasteiger partial charge < -0.3 is 19.4 Å². The van der Waals surface area contributed by atoms with Gasteiger partial charge in [0.15, 0.2) is 6.61 Å². The van der Waals surface area contributed by atoms with Crippen LogP contribution in [0.25, 0.3) is 10.9 Å². The molecule has 0 fully saturated rings. The summed E-state index contributed by atoms with van der Waals surface area (Å²) in [6.45, 7) is 1.41. The highest BCUT2D eigenvalue weighted by atomic mass is 35.5. The number of fused-ring (bicyclic) bond motifs is 1. The van der Waals surface area contributed by atoms with Gasteiger partial charge in [0.25, 0.3) is 5.91 Å². The van der Waals surface area contributed by atoms with E-state index in [0.717, 1.165) is 16.5 Å². The van der Waals surface area contributed by atoms with Crippen molar-refractivity contribution in [2.24, 2.45) is 7.05 Å². The number of amides is 1. The van der Waals surface area contributed by atoms with Crippen LogP contribution in [0.2, 0.25) is 5.02 Å². The third-order valence-corrected chi connectivity index (χ3v) is 4.61. The zero-order valence-corrected chi connectivity index (χ0v) is 16.0. The van der Waals surface area contributed by atoms with Crippen molar-refractivity contribution in [2.45, 2.75) is 6.92 Å². The van der Waals surface area contributed by atoms with Gasteiger partial charge in [0, 0.05) is 35.2 Å². The summed E-state index contributed by atoms with van der Waals surface area (Å²) in [5.74, 6) is -0.593. The lowest BCUT2D eigenvalue weighted by Gasteiger charge is -2.12. The van der Waals surface area contributed by atoms with E-state index in [0.29, 0.717) is 22.0 Å². The number of hydrogen-bond donors (Lipinski definition) is 1. The fraction of sp³-hybridized carbons (Fsp3) is 0.200. The Morgan fingerprint density at radius 3 is 2.70 bits per heavy atom. The van der Waals surface area contributed by atoms with E-state index in [2.05, 4.69) is 5.32 Å². The van der Waals surface area contributed by atoms with Crippen molar-refractivity contribution in [3.63, 3.8) is 0 Å². The van der Waals surface area contributed by atoms with Crippen LogP contribution in [-0.2, 0) is 16.6 Å². The number of esters is 1. The zero-order valence-electron chi connectivity index (χ0n) is 15.2. The monoisotopic (exact) mass is 386 g/mol. The number of hydrogen-bond acceptors (Lipinski definition) is 4. The molecular formula is C20H19ClN2O4. The Morgan fingerprint density at radius 1 is 1.22 bits per heavy atom. The van der Waals surface area contributed by atoms with Crippen molar-refractivity contribution in [1.82, 2.24) is 4.57 Å². The molecule has 0 atom stereocenters. The minimum absolute atomic E-state index is 0.410. The number of ether oxygens (including phenoxy) is 2. The van der Waals surface area contributed by atoms with Gasteiger partial charge in [-0.25, -0.2) is 4.79 Å². The smallest absolute Gasteiger partial charge is 0.340 e. The molecule has 7 heteroatoms. The Hall–Kier alpha value is -2.99. The maximum atomic E-state index is 12.4. The Morgan fingerprint density at radius 2 is 1.96 bits per heavy atom. The number of benzene rings is 2. The van der Waals surface area contributed by atoms with E-state index in [1.54, 1.807) is 18.3 Å². The van der Waals surface area contributed by atoms with Gasteiger partial charge in [0.1, 0.15) is 5.75 Å². The quantitative estimate of drug-likeness (QED) is 0.674. The molecule has 0 aliphatic rings. The molecule has 0 saturated heterocycles. The number of nitrogens with one attached hydrogen (secondary N) is 1. The number of para-hydroxylation sites is 1. The first-order valence-corrected chi connectivity index (χ1v) is 8.63. The number of aromatic nitrogens is 1. The molecule has 0 aliphatic heterocycles. The van der Waals surface area contributed by atoms with Crippen LogP contribution in [0.5, 0.6) is 5.75 Å². The van der Waals surface area contributed by atoms with Crippen LogP contribution in [0.3, 0.4) is 0 Å². The topological polar surface area (TPSA) is 69.6 Å². The number of anilines is 1. The van der Waals surface area contributed by atoms with Crippen LogP contribution in [0.1, 0.15) is 15.9 Å². The molecule has 6 nitrogen and oxygen atoms in total. The van der Waals surface area contributed by atoms with Gasteiger partial charge in [0.2, 0.25) is 0 Å². The largest absolute Gasteiger partial charge is 0.495 e. The first-order chi connectivity index (χ1) is 12.9. The lowest BCUT2D eigenvalue weighted by molar-refractivity contribution is -0.119. The SMILES string of the molecule is COc1cc(Cl)c(C)cc1NC(=O)COC(=O)c1cn(C)c2ccccc12. The average molecular weight is 387 g/mol. The van der Waals surface area contributed by atoms with E-state index in [1.165, 1.54) is 7.11 Å². The molecular weight excluding hydrogens is 368 g/mol. The molecule has 0 aliphatic carbocycles. The van der Waals surface area contributed by atoms with Crippen molar-refractivity contribution < 1.29 is 19.1 Å². The molecule has 0 unspecified atom stereocenters. The van der Waals surface area contributed by atoms with Gasteiger partial charge >= 0.3 is 5.97 Å². The fourth-order valence-corrected chi connectivity index (χ4v) is 2.98. The summed E-state index contributed by atoms with van der Waals surface area (Å²) >= 11 is 6.06. The van der Waals surface area contributed by atoms with Crippen molar-refractivity contribution in [1.29, 1.82) is 0 Å². The highest BCUT2D eigenvalue weighted by molar-refractivity contribution is 6.31. The summed E-state index contributed by atoms with van der Waals surface area (Å²) < 4.78 is 12.2. The van der Waals surface area contributed by atoms with Gasteiger partial charge in [0.05, 0.1) is 18.4 Å². The van der Waals surface area contributed by atoms with E-state index in [1.807, 2.05) is 42.8 Å². The molecule has 2 aromatic carbocycles. The second kappa shape index (κ2) is 7.72. The molecule has 1 heterocycles. The molecule has 27 heavy (non-hydrogen) atoms. The predicted molar refractivity (Wildman–Crippen MR) is 105 cm³/mol. The molecule has 0 bridgehead atoms. The molecule has 3 aromatic rings. The summed E-state index contributed by atoms with van der Waals surface area (Å²) in [7, 11) is 3.33. The standard InChI is InChI=1S/C20H19ClN2O4/c1-12-8-16(18(26-3)9-15(12)21)22-19(24)11-27-20(25)14-10-23(2)17-7-5-4-6-13(14)17/h4-10H,11H2,1-3H3,(H,22,24). The number of aryl methyl sites for hydroxylation is 2. The maximum Gasteiger partial charge on any atom is 0.340 e. The van der Waals surface area contributed by atoms with Crippen molar-refractivity contribution in [2.75, 3.05) is 19.0 Å². The zero-order chi connectivity index (χ0) is 19.6. The number of rotatable bonds is 5. The number of carbonyl (C=O) groups is 2. The second-order valence-electron chi connectivity index (χ2n) is 6.10. The first kappa shape index (κ1) is 18.8. The van der Waals surface area contributed by atoms with Crippen molar-refractivity contribution in [3.8, 4) is 5.75 Å². The van der Waals surface area contributed by atoms with Crippen molar-refractivity contribution >= 4 is 40.1 Å². The average Bonchev–Trinajstić information content (AvgIpc) is 3.00. The van der Waals surface area contributed by atoms with E-state index in [-0.39, 0.29) is 0 Å². The highest BCUT2D eigenvalue weighted by Crippen LogP contribution is 2.30. The second-order valence-corrected chi connectivity index (χ2v) is 6.50. The van der Waals surface area contributed by atoms with Crippen molar-refractivity contribution in [3.05, 3.63) is 58.7 Å². The number of methoxy groups -OCH3 is 1. The van der Waals surface area contributed by atoms with Crippen LogP contribution < -0.4 is 10.1 Å². The Kier molecular flexibility index (Phi) is 5.37. The van der Waals surface area contributed by atoms with Gasteiger partial charge in [-0.15, -0.1) is 0 Å². The molecule has 140 valence electrons. The van der Waals surface area contributed by atoms with Gasteiger partial charge in [-0.05, 0) is 24.6 Å². The van der Waals surface area contributed by atoms with Crippen LogP contribution in [0, 0.1) is 6.92 Å². The summed E-state index contributed by atoms with van der Waals surface area (Å²) in [5.41, 5.74) is 2.59. The van der Waals surface area contributed by atoms with Gasteiger partial charge in [-0.1, -0.05) is 29.8 Å². The van der Waals surface area contributed by atoms with Crippen LogP contribution >= 0.6 is 11.6 Å². The molecule has 1 amide bonds. The minimum Gasteiger partial charge on any atom is -0.495 e. The number of carbonyl (C=O) groups excluding carboxylic acids is 2. The number of nitrogens with zero attached hydrogens (tertiary/aromatic N) is 1. The van der Waals surface area contributed by atoms with Gasteiger partial charge in [-0.2, -0.15) is 0 Å². The summed E-state index contributed by atoms with van der Waals surface area (Å²) in [5, 5.41) is 3.99. The third-order valence-electron chi connectivity index (χ3n) is 4.21. The molecule has 0 saturated carbocycles. The Bertz CT molecular complexity index is 1030. The van der Waals surface area contributed by atoms with Crippen LogP contribution in [-0.4, -0.2) is 30.2 Å². The summed E-state index contributed by atoms with van der Waals surface area (Å²) in [6, 6.07) is 10.8. The maximum absolute atomic E-state index is 12.4. The first-order valence-electron chi connectivity index (χ1n) is 8.26. The van der Waals surface area contributed by atoms with Crippen LogP contribution in [0.4, 0.5) is 5.69 Å². The van der Waals surface area contributed by atoms with E-state index >= 15 is 0 Å². The highest BCUT2D eigenvalue weighted by Gasteiger charge is 2.17. The van der Waals surface area contributed by atoms with E-state index in [4.69, 9.17) is 21.1 Å². The van der Waals surface area contributed by atoms with E-state index in [9.17, 15) is 9.59 Å². The minimum atomic E-state index is -0.554. The molecule has 1 aromatic heterocycles. The fourth-order valence-electron chi connectivity index (χ4n) is 2.83. The predicted octanol–water partition coefficient (Wildman–Crippen LogP) is 3.94. The summed E-state index contributed by atoms with van der Waals surface area (Å²) in [6.07, 6.45) is 1.69.